The van der Waals surface area contributed by atoms with Gasteiger partial charge < -0.3 is 20.1 Å². The van der Waals surface area contributed by atoms with Gasteiger partial charge in [-0.3, -0.25) is 14.4 Å². The normalized spacial score (nSPS) is 17.2. The minimum atomic E-state index is -1.33. The van der Waals surface area contributed by atoms with Crippen LogP contribution in [0.5, 0.6) is 5.75 Å². The number of nitrogens with zero attached hydrogens (tertiary/aromatic N) is 1. The number of carbonyl (C=O) groups is 3. The number of rotatable bonds is 8. The highest BCUT2D eigenvalue weighted by Crippen LogP contribution is 2.42. The smallest absolute Gasteiger partial charge is 0.319 e. The third-order valence-corrected chi connectivity index (χ3v) is 7.01. The molecule has 0 fully saturated rings. The van der Waals surface area contributed by atoms with E-state index in [1.807, 2.05) is 0 Å². The summed E-state index contributed by atoms with van der Waals surface area (Å²) in [5.74, 6) is -3.95. The summed E-state index contributed by atoms with van der Waals surface area (Å²) in [6, 6.07) is 11.5. The largest absolute Gasteiger partial charge is 0.492 e. The molecule has 0 aliphatic carbocycles. The maximum absolute atomic E-state index is 13.0. The Kier molecular flexibility index (Phi) is 9.51. The summed E-state index contributed by atoms with van der Waals surface area (Å²) in [5, 5.41) is 16.3. The molecule has 0 aromatic heterocycles. The SMILES string of the molecule is CCOc1ccc([C@@H]2C(C#N)=C(SCC(=O)Nc3ccc(Cl)cc3Cl)NC(=O)[C@@H]2C(=O)OC)cc1Cl. The quantitative estimate of drug-likeness (QED) is 0.334. The molecule has 2 amide bonds. The summed E-state index contributed by atoms with van der Waals surface area (Å²) < 4.78 is 10.3. The highest BCUT2D eigenvalue weighted by atomic mass is 35.5. The van der Waals surface area contributed by atoms with Crippen molar-refractivity contribution in [2.24, 2.45) is 5.92 Å². The van der Waals surface area contributed by atoms with E-state index in [4.69, 9.17) is 44.3 Å². The minimum absolute atomic E-state index is 0.0903. The van der Waals surface area contributed by atoms with E-state index >= 15 is 0 Å². The number of amides is 2. The molecule has 0 unspecified atom stereocenters. The van der Waals surface area contributed by atoms with Crippen molar-refractivity contribution in [3.8, 4) is 11.8 Å². The number of allylic oxidation sites excluding steroid dienone is 1. The molecule has 1 heterocycles. The zero-order chi connectivity index (χ0) is 26.4. The fourth-order valence-electron chi connectivity index (χ4n) is 3.58. The van der Waals surface area contributed by atoms with Crippen LogP contribution in [0.25, 0.3) is 0 Å². The fourth-order valence-corrected chi connectivity index (χ4v) is 5.13. The molecule has 0 radical (unpaired) electrons. The van der Waals surface area contributed by atoms with Crippen LogP contribution >= 0.6 is 46.6 Å². The van der Waals surface area contributed by atoms with E-state index < -0.39 is 29.6 Å². The number of esters is 1. The number of anilines is 1. The molecule has 2 N–H and O–H groups in total. The number of benzene rings is 2. The molecule has 36 heavy (non-hydrogen) atoms. The number of hydrogen-bond donors (Lipinski definition) is 2. The second-order valence-electron chi connectivity index (χ2n) is 7.41. The molecule has 188 valence electrons. The Labute approximate surface area is 226 Å². The maximum Gasteiger partial charge on any atom is 0.319 e. The Morgan fingerprint density at radius 1 is 1.17 bits per heavy atom. The average molecular weight is 569 g/mol. The molecular formula is C24H20Cl3N3O5S. The van der Waals surface area contributed by atoms with Crippen LogP contribution in [0.1, 0.15) is 18.4 Å². The Bertz CT molecular complexity index is 1280. The van der Waals surface area contributed by atoms with Gasteiger partial charge in [0.05, 0.1) is 51.9 Å². The standard InChI is InChI=1S/C24H20Cl3N3O5S/c1-3-35-18-7-4-12(8-16(18)27)20-14(10-28)23(30-22(32)21(20)24(33)34-2)36-11-19(31)29-17-6-5-13(25)9-15(17)26/h4-9,20-21H,3,11H2,1-2H3,(H,29,31)(H,30,32)/t20-,21-/m1/s1. The number of ether oxygens (including phenoxy) is 2. The van der Waals surface area contributed by atoms with E-state index in [1.165, 1.54) is 6.07 Å². The van der Waals surface area contributed by atoms with Crippen molar-refractivity contribution >= 4 is 70.0 Å². The van der Waals surface area contributed by atoms with Gasteiger partial charge in [-0.2, -0.15) is 5.26 Å². The maximum atomic E-state index is 13.0. The van der Waals surface area contributed by atoms with E-state index in [2.05, 4.69) is 16.7 Å². The predicted molar refractivity (Wildman–Crippen MR) is 139 cm³/mol. The van der Waals surface area contributed by atoms with Gasteiger partial charge in [0, 0.05) is 10.9 Å². The number of hydrogen-bond acceptors (Lipinski definition) is 7. The van der Waals surface area contributed by atoms with E-state index in [0.717, 1.165) is 18.9 Å². The summed E-state index contributed by atoms with van der Waals surface area (Å²) in [5.41, 5.74) is 0.898. The van der Waals surface area contributed by atoms with Crippen LogP contribution in [-0.2, 0) is 19.1 Å². The molecule has 3 rings (SSSR count). The van der Waals surface area contributed by atoms with Gasteiger partial charge in [-0.05, 0) is 42.8 Å². The Hall–Kier alpha value is -2.90. The van der Waals surface area contributed by atoms with Gasteiger partial charge in [0.25, 0.3) is 0 Å². The van der Waals surface area contributed by atoms with Gasteiger partial charge in [0.15, 0.2) is 0 Å². The van der Waals surface area contributed by atoms with Crippen molar-refractivity contribution in [1.29, 1.82) is 5.26 Å². The Balaban J connectivity index is 1.92. The highest BCUT2D eigenvalue weighted by Gasteiger charge is 2.44. The van der Waals surface area contributed by atoms with Gasteiger partial charge in [0.2, 0.25) is 11.8 Å². The zero-order valence-corrected chi connectivity index (χ0v) is 22.1. The summed E-state index contributed by atoms with van der Waals surface area (Å²) >= 11 is 19.3. The second-order valence-corrected chi connectivity index (χ2v) is 9.64. The number of halogens is 3. The third-order valence-electron chi connectivity index (χ3n) is 5.15. The van der Waals surface area contributed by atoms with Crippen LogP contribution in [0.3, 0.4) is 0 Å². The summed E-state index contributed by atoms with van der Waals surface area (Å²) in [6.45, 7) is 2.20. The van der Waals surface area contributed by atoms with Gasteiger partial charge in [-0.15, -0.1) is 0 Å². The number of thioether (sulfide) groups is 1. The summed E-state index contributed by atoms with van der Waals surface area (Å²) in [4.78, 5) is 38.0. The zero-order valence-electron chi connectivity index (χ0n) is 19.1. The van der Waals surface area contributed by atoms with Gasteiger partial charge in [-0.1, -0.05) is 52.6 Å². The van der Waals surface area contributed by atoms with Crippen molar-refractivity contribution < 1.29 is 23.9 Å². The summed E-state index contributed by atoms with van der Waals surface area (Å²) in [7, 11) is 1.16. The van der Waals surface area contributed by atoms with E-state index in [1.54, 1.807) is 37.3 Å². The van der Waals surface area contributed by atoms with Gasteiger partial charge in [-0.25, -0.2) is 0 Å². The van der Waals surface area contributed by atoms with Crippen molar-refractivity contribution in [2.45, 2.75) is 12.8 Å². The average Bonchev–Trinajstić information content (AvgIpc) is 2.84. The van der Waals surface area contributed by atoms with Gasteiger partial charge >= 0.3 is 5.97 Å². The number of nitrogens with one attached hydrogen (secondary N) is 2. The Morgan fingerprint density at radius 3 is 2.53 bits per heavy atom. The molecule has 1 aliphatic rings. The lowest BCUT2D eigenvalue weighted by molar-refractivity contribution is -0.150. The van der Waals surface area contributed by atoms with Crippen LogP contribution in [-0.4, -0.2) is 37.3 Å². The molecule has 0 spiro atoms. The van der Waals surface area contributed by atoms with Crippen molar-refractivity contribution in [3.05, 3.63) is 67.6 Å². The first kappa shape index (κ1) is 27.7. The number of methoxy groups -OCH3 is 1. The lowest BCUT2D eigenvalue weighted by atomic mass is 9.78. The molecular weight excluding hydrogens is 549 g/mol. The van der Waals surface area contributed by atoms with Crippen LogP contribution in [0.15, 0.2) is 47.0 Å². The molecule has 2 aromatic rings. The third kappa shape index (κ3) is 6.26. The van der Waals surface area contributed by atoms with Crippen LogP contribution < -0.4 is 15.4 Å². The van der Waals surface area contributed by atoms with Gasteiger partial charge in [0.1, 0.15) is 11.7 Å². The fraction of sp³-hybridized carbons (Fsp3) is 0.250. The molecule has 0 bridgehead atoms. The topological polar surface area (TPSA) is 118 Å². The van der Waals surface area contributed by atoms with Crippen LogP contribution in [0.2, 0.25) is 15.1 Å². The number of carbonyl (C=O) groups excluding carboxylic acids is 3. The van der Waals surface area contributed by atoms with Crippen LogP contribution in [0, 0.1) is 17.2 Å². The molecule has 8 nitrogen and oxygen atoms in total. The lowest BCUT2D eigenvalue weighted by Crippen LogP contribution is -2.44. The van der Waals surface area contributed by atoms with Crippen molar-refractivity contribution in [3.63, 3.8) is 0 Å². The minimum Gasteiger partial charge on any atom is -0.492 e. The second kappa shape index (κ2) is 12.4. The summed E-state index contributed by atoms with van der Waals surface area (Å²) in [6.07, 6.45) is 0. The lowest BCUT2D eigenvalue weighted by Gasteiger charge is -2.31. The molecule has 2 atom stereocenters. The molecule has 1 aliphatic heterocycles. The Morgan fingerprint density at radius 2 is 1.92 bits per heavy atom. The van der Waals surface area contributed by atoms with Crippen LogP contribution in [0.4, 0.5) is 5.69 Å². The monoisotopic (exact) mass is 567 g/mol. The molecule has 2 aromatic carbocycles. The number of nitriles is 1. The first-order valence-electron chi connectivity index (χ1n) is 10.5. The first-order valence-corrected chi connectivity index (χ1v) is 12.6. The van der Waals surface area contributed by atoms with E-state index in [-0.39, 0.29) is 26.4 Å². The molecule has 12 heteroatoms. The van der Waals surface area contributed by atoms with Crippen molar-refractivity contribution in [2.75, 3.05) is 24.8 Å². The highest BCUT2D eigenvalue weighted by molar-refractivity contribution is 8.03. The molecule has 0 saturated heterocycles. The van der Waals surface area contributed by atoms with E-state index in [9.17, 15) is 19.6 Å². The first-order chi connectivity index (χ1) is 17.2. The van der Waals surface area contributed by atoms with Crippen molar-refractivity contribution in [1.82, 2.24) is 5.32 Å². The van der Waals surface area contributed by atoms with E-state index in [0.29, 0.717) is 28.6 Å². The predicted octanol–water partition coefficient (Wildman–Crippen LogP) is 5.16. The molecule has 0 saturated carbocycles.